The summed E-state index contributed by atoms with van der Waals surface area (Å²) in [7, 11) is 0. The summed E-state index contributed by atoms with van der Waals surface area (Å²) in [4.78, 5) is 10.3. The van der Waals surface area contributed by atoms with Crippen LogP contribution in [0, 0.1) is 13.8 Å². The third kappa shape index (κ3) is 3.30. The summed E-state index contributed by atoms with van der Waals surface area (Å²) < 4.78 is 6.48. The van der Waals surface area contributed by atoms with Gasteiger partial charge in [0, 0.05) is 32.7 Å². The molecule has 0 amide bonds. The van der Waals surface area contributed by atoms with E-state index in [0.717, 1.165) is 66.1 Å². The first-order valence-corrected chi connectivity index (χ1v) is 13.3. The fraction of sp³-hybridized carbons (Fsp3) is 0.0556. The Morgan fingerprint density at radius 2 is 1.15 bits per heavy atom. The number of rotatable bonds is 2. The van der Waals surface area contributed by atoms with Crippen molar-refractivity contribution in [3.05, 3.63) is 120 Å². The molecule has 8 rings (SSSR count). The largest absolute Gasteiger partial charge is 0.455 e. The van der Waals surface area contributed by atoms with Crippen molar-refractivity contribution in [1.29, 1.82) is 0 Å². The molecule has 0 fully saturated rings. The lowest BCUT2D eigenvalue weighted by Crippen LogP contribution is -1.94. The van der Waals surface area contributed by atoms with E-state index in [4.69, 9.17) is 14.4 Å². The molecule has 0 aliphatic rings. The van der Waals surface area contributed by atoms with Crippen LogP contribution in [0.2, 0.25) is 0 Å². The minimum Gasteiger partial charge on any atom is -0.455 e. The Labute approximate surface area is 225 Å². The average Bonchev–Trinajstić information content (AvgIpc) is 3.34. The topological polar surface area (TPSA) is 38.9 Å². The molecule has 8 aromatic rings. The Balaban J connectivity index is 1.42. The van der Waals surface area contributed by atoms with Crippen LogP contribution in [0.1, 0.15) is 11.1 Å². The summed E-state index contributed by atoms with van der Waals surface area (Å²) in [6, 6.07) is 36.2. The van der Waals surface area contributed by atoms with E-state index < -0.39 is 0 Å². The Kier molecular flexibility index (Phi) is 4.65. The first kappa shape index (κ1) is 22.0. The second kappa shape index (κ2) is 8.24. The maximum absolute atomic E-state index is 6.48. The lowest BCUT2D eigenvalue weighted by atomic mass is 9.94. The third-order valence-electron chi connectivity index (χ3n) is 7.79. The molecule has 0 aliphatic heterocycles. The van der Waals surface area contributed by atoms with Gasteiger partial charge >= 0.3 is 0 Å². The van der Waals surface area contributed by atoms with Crippen molar-refractivity contribution in [2.75, 3.05) is 0 Å². The molecule has 0 saturated carbocycles. The van der Waals surface area contributed by atoms with Gasteiger partial charge in [0.05, 0.1) is 22.9 Å². The highest BCUT2D eigenvalue weighted by atomic mass is 16.3. The zero-order valence-corrected chi connectivity index (χ0v) is 21.7. The maximum Gasteiger partial charge on any atom is 0.143 e. The standard InChI is InChI=1S/C36H24N2O/c1-21-15-16-33-29(17-21)31-19-22(2)18-30(36(31)39-33)25-11-3-6-12-26(25)32-20-37-34-27-13-7-4-9-23(27)24-10-5-8-14-28(24)35(34)38-32/h3-20H,1-2H3. The molecule has 0 N–H and O–H groups in total. The van der Waals surface area contributed by atoms with Crippen molar-refractivity contribution < 1.29 is 4.42 Å². The molecule has 39 heavy (non-hydrogen) atoms. The van der Waals surface area contributed by atoms with Gasteiger partial charge in [0.25, 0.3) is 0 Å². The highest BCUT2D eigenvalue weighted by Crippen LogP contribution is 2.41. The SMILES string of the molecule is Cc1ccc2oc3c(-c4ccccc4-c4cnc5c6ccccc6c6ccccc6c5n4)cc(C)cc3c2c1. The van der Waals surface area contributed by atoms with Gasteiger partial charge in [-0.2, -0.15) is 0 Å². The number of aromatic nitrogens is 2. The van der Waals surface area contributed by atoms with Gasteiger partial charge < -0.3 is 4.42 Å². The van der Waals surface area contributed by atoms with E-state index in [-0.39, 0.29) is 0 Å². The van der Waals surface area contributed by atoms with Gasteiger partial charge in [-0.3, -0.25) is 4.98 Å². The van der Waals surface area contributed by atoms with Crippen LogP contribution in [0.4, 0.5) is 0 Å². The smallest absolute Gasteiger partial charge is 0.143 e. The number of nitrogens with zero attached hydrogens (tertiary/aromatic N) is 2. The molecule has 0 unspecified atom stereocenters. The number of benzene rings is 6. The highest BCUT2D eigenvalue weighted by molar-refractivity contribution is 6.23. The van der Waals surface area contributed by atoms with Crippen LogP contribution >= 0.6 is 0 Å². The third-order valence-corrected chi connectivity index (χ3v) is 7.79. The van der Waals surface area contributed by atoms with Crippen molar-refractivity contribution in [1.82, 2.24) is 9.97 Å². The molecule has 0 spiro atoms. The number of furan rings is 1. The van der Waals surface area contributed by atoms with Crippen molar-refractivity contribution in [3.63, 3.8) is 0 Å². The number of hydrogen-bond donors (Lipinski definition) is 0. The van der Waals surface area contributed by atoms with Crippen molar-refractivity contribution >= 4 is 54.5 Å². The van der Waals surface area contributed by atoms with Crippen LogP contribution < -0.4 is 0 Å². The van der Waals surface area contributed by atoms with Gasteiger partial charge in [0.15, 0.2) is 0 Å². The van der Waals surface area contributed by atoms with Crippen molar-refractivity contribution in [2.24, 2.45) is 0 Å². The van der Waals surface area contributed by atoms with E-state index in [0.29, 0.717) is 0 Å². The molecule has 184 valence electrons. The van der Waals surface area contributed by atoms with E-state index >= 15 is 0 Å². The quantitative estimate of drug-likeness (QED) is 0.222. The number of aryl methyl sites for hydroxylation is 2. The molecular weight excluding hydrogens is 476 g/mol. The van der Waals surface area contributed by atoms with Gasteiger partial charge in [-0.25, -0.2) is 4.98 Å². The summed E-state index contributed by atoms with van der Waals surface area (Å²) in [5, 5.41) is 6.92. The lowest BCUT2D eigenvalue weighted by molar-refractivity contribution is 0.670. The molecule has 0 bridgehead atoms. The summed E-state index contributed by atoms with van der Waals surface area (Å²) in [6.07, 6.45) is 1.91. The zero-order chi connectivity index (χ0) is 26.1. The second-order valence-corrected chi connectivity index (χ2v) is 10.4. The highest BCUT2D eigenvalue weighted by Gasteiger charge is 2.18. The molecular formula is C36H24N2O. The van der Waals surface area contributed by atoms with Gasteiger partial charge in [-0.15, -0.1) is 0 Å². The second-order valence-electron chi connectivity index (χ2n) is 10.4. The Bertz CT molecular complexity index is 2220. The molecule has 0 radical (unpaired) electrons. The predicted molar refractivity (Wildman–Crippen MR) is 162 cm³/mol. The van der Waals surface area contributed by atoms with Crippen LogP contribution in [-0.4, -0.2) is 9.97 Å². The molecule has 0 atom stereocenters. The normalized spacial score (nSPS) is 11.8. The van der Waals surface area contributed by atoms with E-state index in [1.165, 1.54) is 21.9 Å². The fourth-order valence-electron chi connectivity index (χ4n) is 6.03. The molecule has 6 aromatic carbocycles. The maximum atomic E-state index is 6.48. The van der Waals surface area contributed by atoms with Crippen LogP contribution in [0.5, 0.6) is 0 Å². The minimum atomic E-state index is 0.847. The first-order valence-electron chi connectivity index (χ1n) is 13.3. The lowest BCUT2D eigenvalue weighted by Gasteiger charge is -2.13. The van der Waals surface area contributed by atoms with Crippen molar-refractivity contribution in [3.8, 4) is 22.4 Å². The van der Waals surface area contributed by atoms with E-state index in [2.05, 4.69) is 117 Å². The molecule has 0 saturated heterocycles. The molecule has 3 nitrogen and oxygen atoms in total. The van der Waals surface area contributed by atoms with Crippen LogP contribution in [0.25, 0.3) is 76.9 Å². The summed E-state index contributed by atoms with van der Waals surface area (Å²) in [6.45, 7) is 4.27. The van der Waals surface area contributed by atoms with E-state index in [1.807, 2.05) is 6.20 Å². The van der Waals surface area contributed by atoms with E-state index in [1.54, 1.807) is 0 Å². The van der Waals surface area contributed by atoms with E-state index in [9.17, 15) is 0 Å². The monoisotopic (exact) mass is 500 g/mol. The van der Waals surface area contributed by atoms with Gasteiger partial charge in [-0.05, 0) is 60.0 Å². The van der Waals surface area contributed by atoms with Crippen LogP contribution in [0.3, 0.4) is 0 Å². The number of hydrogen-bond acceptors (Lipinski definition) is 3. The molecule has 3 heteroatoms. The minimum absolute atomic E-state index is 0.847. The summed E-state index contributed by atoms with van der Waals surface area (Å²) >= 11 is 0. The Hall–Kier alpha value is -5.02. The Morgan fingerprint density at radius 1 is 0.513 bits per heavy atom. The molecule has 2 heterocycles. The van der Waals surface area contributed by atoms with Gasteiger partial charge in [-0.1, -0.05) is 84.4 Å². The van der Waals surface area contributed by atoms with Crippen LogP contribution in [-0.2, 0) is 0 Å². The summed E-state index contributed by atoms with van der Waals surface area (Å²) in [5.74, 6) is 0. The van der Waals surface area contributed by atoms with Gasteiger partial charge in [0.1, 0.15) is 11.2 Å². The Morgan fingerprint density at radius 3 is 1.92 bits per heavy atom. The van der Waals surface area contributed by atoms with Crippen molar-refractivity contribution in [2.45, 2.75) is 13.8 Å². The first-order chi connectivity index (χ1) is 19.2. The van der Waals surface area contributed by atoms with Gasteiger partial charge in [0.2, 0.25) is 0 Å². The molecule has 0 aliphatic carbocycles. The number of fused-ring (bicyclic) bond motifs is 9. The fourth-order valence-corrected chi connectivity index (χ4v) is 6.03. The average molecular weight is 501 g/mol. The zero-order valence-electron chi connectivity index (χ0n) is 21.7. The predicted octanol–water partition coefficient (Wildman–Crippen LogP) is 9.79. The van der Waals surface area contributed by atoms with Crippen LogP contribution in [0.15, 0.2) is 114 Å². The summed E-state index contributed by atoms with van der Waals surface area (Å²) in [5.41, 5.74) is 10.1. The molecule has 2 aromatic heterocycles.